The molecule has 0 unspecified atom stereocenters. The van der Waals surface area contributed by atoms with Crippen molar-refractivity contribution in [2.24, 2.45) is 0 Å². The van der Waals surface area contributed by atoms with Crippen LogP contribution < -0.4 is 4.74 Å². The van der Waals surface area contributed by atoms with Gasteiger partial charge in [0, 0.05) is 19.5 Å². The van der Waals surface area contributed by atoms with Crippen molar-refractivity contribution >= 4 is 11.5 Å². The Balaban J connectivity index is 1.52. The quantitative estimate of drug-likeness (QED) is 0.793. The Kier molecular flexibility index (Phi) is 4.76. The fourth-order valence-electron chi connectivity index (χ4n) is 3.61. The van der Waals surface area contributed by atoms with Crippen LogP contribution in [0.5, 0.6) is 5.75 Å². The topological polar surface area (TPSA) is 38.8 Å². The smallest absolute Gasteiger partial charge is 0.335 e. The first-order chi connectivity index (χ1) is 12.7. The standard InChI is InChI=1S/C22H23NO3/c1-23-11-9-19(17-5-3-2-4-6-17)20(14-23)22(24)26-15-16-7-8-21-18(13-16)10-12-25-21/h2-8,13H,9-12,14-15H2,1H3. The molecule has 26 heavy (non-hydrogen) atoms. The minimum absolute atomic E-state index is 0.216. The first-order valence-corrected chi connectivity index (χ1v) is 9.08. The third-order valence-electron chi connectivity index (χ3n) is 5.03. The molecule has 0 bridgehead atoms. The van der Waals surface area contributed by atoms with Crippen molar-refractivity contribution < 1.29 is 14.3 Å². The summed E-state index contributed by atoms with van der Waals surface area (Å²) in [6, 6.07) is 16.2. The molecule has 0 fully saturated rings. The van der Waals surface area contributed by atoms with E-state index in [0.29, 0.717) is 13.2 Å². The van der Waals surface area contributed by atoms with Gasteiger partial charge in [0.2, 0.25) is 0 Å². The molecule has 0 atom stereocenters. The minimum Gasteiger partial charge on any atom is -0.493 e. The molecule has 0 spiro atoms. The molecule has 4 nitrogen and oxygen atoms in total. The van der Waals surface area contributed by atoms with Crippen molar-refractivity contribution in [3.05, 3.63) is 70.8 Å². The fourth-order valence-corrected chi connectivity index (χ4v) is 3.61. The highest BCUT2D eigenvalue weighted by Gasteiger charge is 2.24. The van der Waals surface area contributed by atoms with Crippen LogP contribution in [0, 0.1) is 0 Å². The molecule has 0 aliphatic carbocycles. The lowest BCUT2D eigenvalue weighted by Gasteiger charge is -2.27. The Morgan fingerprint density at radius 3 is 2.85 bits per heavy atom. The molecule has 2 aromatic rings. The number of esters is 1. The van der Waals surface area contributed by atoms with Gasteiger partial charge in [0.1, 0.15) is 12.4 Å². The molecule has 0 saturated carbocycles. The molecular weight excluding hydrogens is 326 g/mol. The van der Waals surface area contributed by atoms with Crippen LogP contribution in [-0.4, -0.2) is 37.6 Å². The highest BCUT2D eigenvalue weighted by molar-refractivity contribution is 5.98. The molecule has 0 N–H and O–H groups in total. The van der Waals surface area contributed by atoms with Crippen LogP contribution in [0.3, 0.4) is 0 Å². The van der Waals surface area contributed by atoms with Gasteiger partial charge in [0.25, 0.3) is 0 Å². The number of fused-ring (bicyclic) bond motifs is 1. The van der Waals surface area contributed by atoms with Crippen LogP contribution >= 0.6 is 0 Å². The largest absolute Gasteiger partial charge is 0.493 e. The average molecular weight is 349 g/mol. The number of nitrogens with zero attached hydrogens (tertiary/aromatic N) is 1. The molecular formula is C22H23NO3. The van der Waals surface area contributed by atoms with Crippen molar-refractivity contribution in [1.29, 1.82) is 0 Å². The van der Waals surface area contributed by atoms with Gasteiger partial charge in [-0.15, -0.1) is 0 Å². The number of carbonyl (C=O) groups excluding carboxylic acids is 1. The third-order valence-corrected chi connectivity index (χ3v) is 5.03. The zero-order chi connectivity index (χ0) is 17.9. The van der Waals surface area contributed by atoms with Crippen molar-refractivity contribution in [3.63, 3.8) is 0 Å². The number of rotatable bonds is 4. The van der Waals surface area contributed by atoms with E-state index in [0.717, 1.165) is 54.0 Å². The van der Waals surface area contributed by atoms with Gasteiger partial charge in [-0.3, -0.25) is 0 Å². The van der Waals surface area contributed by atoms with E-state index in [1.54, 1.807) is 0 Å². The first-order valence-electron chi connectivity index (χ1n) is 9.08. The summed E-state index contributed by atoms with van der Waals surface area (Å²) in [6.07, 6.45) is 1.78. The second-order valence-corrected chi connectivity index (χ2v) is 6.93. The summed E-state index contributed by atoms with van der Waals surface area (Å²) in [7, 11) is 2.04. The van der Waals surface area contributed by atoms with E-state index in [4.69, 9.17) is 9.47 Å². The van der Waals surface area contributed by atoms with Crippen LogP contribution in [0.15, 0.2) is 54.1 Å². The van der Waals surface area contributed by atoms with Crippen LogP contribution in [0.4, 0.5) is 0 Å². The highest BCUT2D eigenvalue weighted by Crippen LogP contribution is 2.29. The van der Waals surface area contributed by atoms with Gasteiger partial charge in [-0.05, 0) is 47.9 Å². The molecule has 0 radical (unpaired) electrons. The van der Waals surface area contributed by atoms with E-state index in [9.17, 15) is 4.79 Å². The molecule has 134 valence electrons. The number of benzene rings is 2. The van der Waals surface area contributed by atoms with E-state index in [1.807, 2.05) is 37.4 Å². The normalized spacial score (nSPS) is 17.0. The molecule has 4 rings (SSSR count). The van der Waals surface area contributed by atoms with Crippen molar-refractivity contribution in [2.75, 3.05) is 26.7 Å². The van der Waals surface area contributed by atoms with E-state index in [-0.39, 0.29) is 5.97 Å². The maximum Gasteiger partial charge on any atom is 0.335 e. The molecule has 0 amide bonds. The molecule has 2 aliphatic rings. The molecule has 0 saturated heterocycles. The fraction of sp³-hybridized carbons (Fsp3) is 0.318. The molecule has 4 heteroatoms. The van der Waals surface area contributed by atoms with Crippen molar-refractivity contribution in [3.8, 4) is 5.75 Å². The lowest BCUT2D eigenvalue weighted by Crippen LogP contribution is -2.31. The summed E-state index contributed by atoms with van der Waals surface area (Å²) in [4.78, 5) is 15.0. The zero-order valence-corrected chi connectivity index (χ0v) is 15.0. The predicted molar refractivity (Wildman–Crippen MR) is 101 cm³/mol. The Morgan fingerprint density at radius 1 is 1.15 bits per heavy atom. The van der Waals surface area contributed by atoms with Crippen LogP contribution in [0.1, 0.15) is 23.1 Å². The third kappa shape index (κ3) is 3.51. The van der Waals surface area contributed by atoms with Crippen molar-refractivity contribution in [2.45, 2.75) is 19.4 Å². The Hall–Kier alpha value is -2.59. The number of likely N-dealkylation sites (N-methyl/N-ethyl adjacent to an activating group) is 1. The molecule has 2 aliphatic heterocycles. The summed E-state index contributed by atoms with van der Waals surface area (Å²) in [5, 5.41) is 0. The Morgan fingerprint density at radius 2 is 2.00 bits per heavy atom. The zero-order valence-electron chi connectivity index (χ0n) is 15.0. The van der Waals surface area contributed by atoms with E-state index in [2.05, 4.69) is 23.1 Å². The number of carbonyl (C=O) groups is 1. The van der Waals surface area contributed by atoms with Gasteiger partial charge in [-0.1, -0.05) is 36.4 Å². The summed E-state index contributed by atoms with van der Waals surface area (Å²) in [6.45, 7) is 2.60. The van der Waals surface area contributed by atoms with Gasteiger partial charge in [0.15, 0.2) is 0 Å². The summed E-state index contributed by atoms with van der Waals surface area (Å²) >= 11 is 0. The van der Waals surface area contributed by atoms with Crippen LogP contribution in [0.25, 0.3) is 5.57 Å². The average Bonchev–Trinajstić information content (AvgIpc) is 3.14. The number of hydrogen-bond acceptors (Lipinski definition) is 4. The van der Waals surface area contributed by atoms with Crippen LogP contribution in [0.2, 0.25) is 0 Å². The van der Waals surface area contributed by atoms with Gasteiger partial charge in [-0.25, -0.2) is 4.79 Å². The summed E-state index contributed by atoms with van der Waals surface area (Å²) < 4.78 is 11.2. The summed E-state index contributed by atoms with van der Waals surface area (Å²) in [5.74, 6) is 0.732. The van der Waals surface area contributed by atoms with E-state index >= 15 is 0 Å². The Labute approximate surface area is 154 Å². The highest BCUT2D eigenvalue weighted by atomic mass is 16.5. The monoisotopic (exact) mass is 349 g/mol. The number of hydrogen-bond donors (Lipinski definition) is 0. The molecule has 0 aromatic heterocycles. The van der Waals surface area contributed by atoms with Crippen molar-refractivity contribution in [1.82, 2.24) is 4.90 Å². The van der Waals surface area contributed by atoms with Gasteiger partial charge < -0.3 is 14.4 Å². The van der Waals surface area contributed by atoms with E-state index < -0.39 is 0 Å². The molecule has 2 heterocycles. The minimum atomic E-state index is -0.216. The predicted octanol–water partition coefficient (Wildman–Crippen LogP) is 3.45. The second kappa shape index (κ2) is 7.34. The van der Waals surface area contributed by atoms with Gasteiger partial charge >= 0.3 is 5.97 Å². The SMILES string of the molecule is CN1CCC(c2ccccc2)=C(C(=O)OCc2ccc3c(c2)CCO3)C1. The van der Waals surface area contributed by atoms with E-state index in [1.165, 1.54) is 5.56 Å². The maximum atomic E-state index is 12.8. The number of ether oxygens (including phenoxy) is 2. The maximum absolute atomic E-state index is 12.8. The lowest BCUT2D eigenvalue weighted by atomic mass is 9.93. The van der Waals surface area contributed by atoms with Crippen LogP contribution in [-0.2, 0) is 22.6 Å². The molecule has 2 aromatic carbocycles. The Bertz CT molecular complexity index is 842. The summed E-state index contributed by atoms with van der Waals surface area (Å²) in [5.41, 5.74) is 5.20. The first kappa shape index (κ1) is 16.9. The van der Waals surface area contributed by atoms with Gasteiger partial charge in [-0.2, -0.15) is 0 Å². The second-order valence-electron chi connectivity index (χ2n) is 6.93. The van der Waals surface area contributed by atoms with Gasteiger partial charge in [0.05, 0.1) is 12.2 Å². The lowest BCUT2D eigenvalue weighted by molar-refractivity contribution is -0.140.